The molecule has 1 aliphatic heterocycles. The second kappa shape index (κ2) is 3.21. The van der Waals surface area contributed by atoms with Crippen LogP contribution in [-0.2, 0) is 0 Å². The fraction of sp³-hybridized carbons (Fsp3) is 1.00. The number of rotatable bonds is 2. The Morgan fingerprint density at radius 1 is 1.78 bits per heavy atom. The number of hydrogen-bond donors (Lipinski definition) is 1. The molecule has 1 heterocycles. The Balaban J connectivity index is 0.000000810. The second-order valence-electron chi connectivity index (χ2n) is 3.09. The summed E-state index contributed by atoms with van der Waals surface area (Å²) in [4.78, 5) is 0. The molecule has 1 N–H and O–H groups in total. The van der Waals surface area contributed by atoms with E-state index in [0.29, 0.717) is 0 Å². The van der Waals surface area contributed by atoms with Crippen LogP contribution in [0.15, 0.2) is 0 Å². The van der Waals surface area contributed by atoms with Crippen LogP contribution in [0.25, 0.3) is 0 Å². The van der Waals surface area contributed by atoms with Crippen molar-refractivity contribution in [1.29, 1.82) is 0 Å². The summed E-state index contributed by atoms with van der Waals surface area (Å²) in [6, 6.07) is 0.829. The van der Waals surface area contributed by atoms with E-state index in [2.05, 4.69) is 19.2 Å². The molecule has 1 fully saturated rings. The lowest BCUT2D eigenvalue weighted by Gasteiger charge is -2.16. The summed E-state index contributed by atoms with van der Waals surface area (Å²) in [5.74, 6) is 0.882. The highest BCUT2D eigenvalue weighted by molar-refractivity contribution is 4.77. The maximum atomic E-state index is 3.51. The SMILES string of the molecule is CCC(C)C1CCCN1.[HH]. The minimum Gasteiger partial charge on any atom is -0.314 e. The van der Waals surface area contributed by atoms with E-state index in [1.54, 1.807) is 0 Å². The molecule has 1 aliphatic rings. The first-order valence-corrected chi connectivity index (χ1v) is 4.08. The van der Waals surface area contributed by atoms with Gasteiger partial charge in [0.15, 0.2) is 0 Å². The van der Waals surface area contributed by atoms with Crippen molar-refractivity contribution in [2.24, 2.45) is 5.92 Å². The van der Waals surface area contributed by atoms with E-state index in [1.807, 2.05) is 0 Å². The highest BCUT2D eigenvalue weighted by atomic mass is 14.9. The van der Waals surface area contributed by atoms with E-state index in [-0.39, 0.29) is 1.43 Å². The van der Waals surface area contributed by atoms with Crippen molar-refractivity contribution < 1.29 is 1.43 Å². The van der Waals surface area contributed by atoms with Crippen LogP contribution in [-0.4, -0.2) is 12.6 Å². The molecule has 2 atom stereocenters. The van der Waals surface area contributed by atoms with Gasteiger partial charge in [-0.3, -0.25) is 0 Å². The molecule has 1 saturated heterocycles. The fourth-order valence-corrected chi connectivity index (χ4v) is 1.48. The summed E-state index contributed by atoms with van der Waals surface area (Å²) in [7, 11) is 0. The smallest absolute Gasteiger partial charge is 0.00930 e. The summed E-state index contributed by atoms with van der Waals surface area (Å²) in [5, 5.41) is 3.51. The molecule has 0 radical (unpaired) electrons. The van der Waals surface area contributed by atoms with Gasteiger partial charge in [0.25, 0.3) is 0 Å². The summed E-state index contributed by atoms with van der Waals surface area (Å²) in [6.45, 7) is 5.85. The van der Waals surface area contributed by atoms with Crippen LogP contribution in [0.1, 0.15) is 34.5 Å². The summed E-state index contributed by atoms with van der Waals surface area (Å²) < 4.78 is 0. The van der Waals surface area contributed by atoms with Crippen molar-refractivity contribution >= 4 is 0 Å². The Labute approximate surface area is 59.3 Å². The van der Waals surface area contributed by atoms with Crippen molar-refractivity contribution in [3.8, 4) is 0 Å². The predicted octanol–water partition coefficient (Wildman–Crippen LogP) is 2.03. The highest BCUT2D eigenvalue weighted by Gasteiger charge is 2.18. The second-order valence-corrected chi connectivity index (χ2v) is 3.09. The molecule has 0 bridgehead atoms. The van der Waals surface area contributed by atoms with E-state index in [9.17, 15) is 0 Å². The average molecular weight is 129 g/mol. The molecule has 1 rings (SSSR count). The van der Waals surface area contributed by atoms with Crippen LogP contribution in [0.2, 0.25) is 0 Å². The minimum atomic E-state index is 0. The third-order valence-corrected chi connectivity index (χ3v) is 2.43. The molecular formula is C8H19N. The summed E-state index contributed by atoms with van der Waals surface area (Å²) in [5.41, 5.74) is 0. The molecular weight excluding hydrogens is 110 g/mol. The van der Waals surface area contributed by atoms with Crippen LogP contribution in [0.4, 0.5) is 0 Å². The van der Waals surface area contributed by atoms with E-state index >= 15 is 0 Å². The molecule has 9 heavy (non-hydrogen) atoms. The van der Waals surface area contributed by atoms with Crippen LogP contribution >= 0.6 is 0 Å². The first kappa shape index (κ1) is 7.07. The normalized spacial score (nSPS) is 30.7. The Bertz CT molecular complexity index is 79.3. The third-order valence-electron chi connectivity index (χ3n) is 2.43. The van der Waals surface area contributed by atoms with Gasteiger partial charge in [-0.15, -0.1) is 0 Å². The zero-order valence-corrected chi connectivity index (χ0v) is 6.48. The molecule has 0 spiro atoms. The Kier molecular flexibility index (Phi) is 2.52. The van der Waals surface area contributed by atoms with Crippen molar-refractivity contribution in [3.05, 3.63) is 0 Å². The lowest BCUT2D eigenvalue weighted by Crippen LogP contribution is -2.27. The summed E-state index contributed by atoms with van der Waals surface area (Å²) >= 11 is 0. The van der Waals surface area contributed by atoms with E-state index < -0.39 is 0 Å². The average Bonchev–Trinajstić information content (AvgIpc) is 2.37. The van der Waals surface area contributed by atoms with Gasteiger partial charge in [-0.2, -0.15) is 0 Å². The lowest BCUT2D eigenvalue weighted by atomic mass is 9.98. The van der Waals surface area contributed by atoms with Crippen LogP contribution in [0.3, 0.4) is 0 Å². The van der Waals surface area contributed by atoms with Gasteiger partial charge in [0, 0.05) is 7.47 Å². The number of nitrogens with one attached hydrogen (secondary N) is 1. The van der Waals surface area contributed by atoms with E-state index in [1.165, 1.54) is 25.8 Å². The van der Waals surface area contributed by atoms with Gasteiger partial charge >= 0.3 is 0 Å². The Morgan fingerprint density at radius 3 is 3.00 bits per heavy atom. The molecule has 0 amide bonds. The number of hydrogen-bond acceptors (Lipinski definition) is 1. The highest BCUT2D eigenvalue weighted by Crippen LogP contribution is 2.16. The molecule has 1 nitrogen and oxygen atoms in total. The molecule has 56 valence electrons. The zero-order chi connectivity index (χ0) is 6.69. The minimum absolute atomic E-state index is 0. The van der Waals surface area contributed by atoms with Gasteiger partial charge in [0.1, 0.15) is 0 Å². The van der Waals surface area contributed by atoms with E-state index in [4.69, 9.17) is 0 Å². The van der Waals surface area contributed by atoms with Gasteiger partial charge in [-0.25, -0.2) is 0 Å². The summed E-state index contributed by atoms with van der Waals surface area (Å²) in [6.07, 6.45) is 4.10. The third kappa shape index (κ3) is 1.68. The molecule has 0 aromatic carbocycles. The van der Waals surface area contributed by atoms with Crippen LogP contribution in [0, 0.1) is 5.92 Å². The van der Waals surface area contributed by atoms with Gasteiger partial charge in [-0.05, 0) is 25.3 Å². The first-order valence-electron chi connectivity index (χ1n) is 4.08. The fourth-order valence-electron chi connectivity index (χ4n) is 1.48. The van der Waals surface area contributed by atoms with Gasteiger partial charge < -0.3 is 5.32 Å². The van der Waals surface area contributed by atoms with E-state index in [0.717, 1.165) is 12.0 Å². The predicted molar refractivity (Wildman–Crippen MR) is 42.6 cm³/mol. The zero-order valence-electron chi connectivity index (χ0n) is 6.48. The van der Waals surface area contributed by atoms with Crippen molar-refractivity contribution in [2.45, 2.75) is 39.2 Å². The monoisotopic (exact) mass is 129 g/mol. The Hall–Kier alpha value is -0.0400. The van der Waals surface area contributed by atoms with Crippen molar-refractivity contribution in [2.75, 3.05) is 6.54 Å². The van der Waals surface area contributed by atoms with Gasteiger partial charge in [-0.1, -0.05) is 20.3 Å². The lowest BCUT2D eigenvalue weighted by molar-refractivity contribution is 0.409. The maximum Gasteiger partial charge on any atom is 0.00930 e. The standard InChI is InChI=1S/C8H17N.H2/c1-3-7(2)8-5-4-6-9-8;/h7-9H,3-6H2,1-2H3;1H. The quantitative estimate of drug-likeness (QED) is 0.601. The Morgan fingerprint density at radius 2 is 2.56 bits per heavy atom. The van der Waals surface area contributed by atoms with Gasteiger partial charge in [0.2, 0.25) is 0 Å². The largest absolute Gasteiger partial charge is 0.314 e. The molecule has 0 aliphatic carbocycles. The maximum absolute atomic E-state index is 3.51. The molecule has 1 heteroatoms. The molecule has 0 aromatic rings. The first-order chi connectivity index (χ1) is 4.34. The van der Waals surface area contributed by atoms with Crippen molar-refractivity contribution in [3.63, 3.8) is 0 Å². The van der Waals surface area contributed by atoms with Crippen molar-refractivity contribution in [1.82, 2.24) is 5.32 Å². The molecule has 0 saturated carbocycles. The van der Waals surface area contributed by atoms with Gasteiger partial charge in [0.05, 0.1) is 0 Å². The molecule has 0 aromatic heterocycles. The topological polar surface area (TPSA) is 12.0 Å². The van der Waals surface area contributed by atoms with Crippen LogP contribution in [0.5, 0.6) is 0 Å². The van der Waals surface area contributed by atoms with Crippen LogP contribution < -0.4 is 5.32 Å². The molecule has 2 unspecified atom stereocenters.